The quantitative estimate of drug-likeness (QED) is 0.730. The van der Waals surface area contributed by atoms with Crippen molar-refractivity contribution in [3.05, 3.63) is 11.9 Å². The van der Waals surface area contributed by atoms with Crippen molar-refractivity contribution in [1.82, 2.24) is 9.97 Å². The molecule has 0 aliphatic carbocycles. The first-order valence-corrected chi connectivity index (χ1v) is 4.92. The zero-order chi connectivity index (χ0) is 10.4. The van der Waals surface area contributed by atoms with E-state index in [0.717, 1.165) is 31.1 Å². The molecule has 4 heteroatoms. The fourth-order valence-electron chi connectivity index (χ4n) is 1.06. The Morgan fingerprint density at radius 3 is 2.86 bits per heavy atom. The number of rotatable bonds is 5. The molecule has 1 rings (SSSR count). The van der Waals surface area contributed by atoms with Crippen LogP contribution in [-0.2, 0) is 0 Å². The van der Waals surface area contributed by atoms with Crippen LogP contribution in [0.5, 0.6) is 5.88 Å². The first kappa shape index (κ1) is 10.8. The molecule has 1 aromatic rings. The van der Waals surface area contributed by atoms with E-state index in [2.05, 4.69) is 22.2 Å². The van der Waals surface area contributed by atoms with E-state index in [1.807, 2.05) is 20.0 Å². The molecule has 14 heavy (non-hydrogen) atoms. The summed E-state index contributed by atoms with van der Waals surface area (Å²) in [5.74, 6) is 2.17. The largest absolute Gasteiger partial charge is 0.478 e. The fraction of sp³-hybridized carbons (Fsp3) is 0.600. The second-order valence-corrected chi connectivity index (χ2v) is 3.09. The average molecular weight is 195 g/mol. The number of anilines is 1. The van der Waals surface area contributed by atoms with Crippen LogP contribution in [0.3, 0.4) is 0 Å². The molecule has 4 nitrogen and oxygen atoms in total. The van der Waals surface area contributed by atoms with Gasteiger partial charge in [0.1, 0.15) is 11.6 Å². The minimum Gasteiger partial charge on any atom is -0.478 e. The Bertz CT molecular complexity index is 289. The molecule has 0 saturated heterocycles. The van der Waals surface area contributed by atoms with Crippen LogP contribution in [-0.4, -0.2) is 23.6 Å². The van der Waals surface area contributed by atoms with E-state index in [1.54, 1.807) is 0 Å². The van der Waals surface area contributed by atoms with Gasteiger partial charge in [-0.1, -0.05) is 13.3 Å². The first-order valence-electron chi connectivity index (χ1n) is 4.92. The van der Waals surface area contributed by atoms with E-state index in [4.69, 9.17) is 4.74 Å². The standard InChI is InChI=1S/C10H17N3O/c1-4-5-6-14-10-7-9(11-3)12-8(2)13-10/h7H,4-6H2,1-3H3,(H,11,12,13). The number of hydrogen-bond acceptors (Lipinski definition) is 4. The molecule has 0 aliphatic rings. The molecule has 1 N–H and O–H groups in total. The number of nitrogens with one attached hydrogen (secondary N) is 1. The maximum Gasteiger partial charge on any atom is 0.218 e. The van der Waals surface area contributed by atoms with Crippen LogP contribution in [0.4, 0.5) is 5.82 Å². The van der Waals surface area contributed by atoms with E-state index in [9.17, 15) is 0 Å². The van der Waals surface area contributed by atoms with Gasteiger partial charge in [0.25, 0.3) is 0 Å². The summed E-state index contributed by atoms with van der Waals surface area (Å²) in [5, 5.41) is 2.97. The highest BCUT2D eigenvalue weighted by atomic mass is 16.5. The van der Waals surface area contributed by atoms with Crippen molar-refractivity contribution < 1.29 is 4.74 Å². The lowest BCUT2D eigenvalue weighted by Crippen LogP contribution is -2.02. The lowest BCUT2D eigenvalue weighted by molar-refractivity contribution is 0.297. The van der Waals surface area contributed by atoms with Crippen molar-refractivity contribution in [2.45, 2.75) is 26.7 Å². The molecule has 0 bridgehead atoms. The molecule has 0 atom stereocenters. The topological polar surface area (TPSA) is 47.0 Å². The van der Waals surface area contributed by atoms with E-state index >= 15 is 0 Å². The minimum atomic E-state index is 0.648. The lowest BCUT2D eigenvalue weighted by atomic mass is 10.4. The third-order valence-corrected chi connectivity index (χ3v) is 1.82. The fourth-order valence-corrected chi connectivity index (χ4v) is 1.06. The van der Waals surface area contributed by atoms with Crippen molar-refractivity contribution in [3.63, 3.8) is 0 Å². The second-order valence-electron chi connectivity index (χ2n) is 3.09. The molecule has 0 saturated carbocycles. The van der Waals surface area contributed by atoms with Crippen molar-refractivity contribution in [2.24, 2.45) is 0 Å². The summed E-state index contributed by atoms with van der Waals surface area (Å²) in [5.41, 5.74) is 0. The highest BCUT2D eigenvalue weighted by Crippen LogP contribution is 2.12. The van der Waals surface area contributed by atoms with Crippen LogP contribution >= 0.6 is 0 Å². The highest BCUT2D eigenvalue weighted by Gasteiger charge is 2.00. The van der Waals surface area contributed by atoms with Gasteiger partial charge >= 0.3 is 0 Å². The van der Waals surface area contributed by atoms with Crippen molar-refractivity contribution in [3.8, 4) is 5.88 Å². The van der Waals surface area contributed by atoms with Gasteiger partial charge < -0.3 is 10.1 Å². The first-order chi connectivity index (χ1) is 6.76. The molecule has 1 heterocycles. The third kappa shape index (κ3) is 3.20. The van der Waals surface area contributed by atoms with Crippen molar-refractivity contribution >= 4 is 5.82 Å². The molecule has 78 valence electrons. The summed E-state index contributed by atoms with van der Waals surface area (Å²) < 4.78 is 5.48. The van der Waals surface area contributed by atoms with Gasteiger partial charge in [0, 0.05) is 13.1 Å². The number of ether oxygens (including phenoxy) is 1. The van der Waals surface area contributed by atoms with Crippen molar-refractivity contribution in [2.75, 3.05) is 19.0 Å². The van der Waals surface area contributed by atoms with Gasteiger partial charge in [-0.25, -0.2) is 4.98 Å². The van der Waals surface area contributed by atoms with Crippen LogP contribution < -0.4 is 10.1 Å². The molecule has 0 radical (unpaired) electrons. The van der Waals surface area contributed by atoms with Crippen LogP contribution in [0.2, 0.25) is 0 Å². The predicted octanol–water partition coefficient (Wildman–Crippen LogP) is 2.01. The zero-order valence-electron chi connectivity index (χ0n) is 9.00. The highest BCUT2D eigenvalue weighted by molar-refractivity contribution is 5.37. The van der Waals surface area contributed by atoms with Gasteiger partial charge in [0.2, 0.25) is 5.88 Å². The average Bonchev–Trinajstić information content (AvgIpc) is 2.17. The monoisotopic (exact) mass is 195 g/mol. The molecule has 0 unspecified atom stereocenters. The van der Waals surface area contributed by atoms with Gasteiger partial charge in [-0.05, 0) is 13.3 Å². The summed E-state index contributed by atoms with van der Waals surface area (Å²) in [6.45, 7) is 4.71. The number of aromatic nitrogens is 2. The Kier molecular flexibility index (Phi) is 4.16. The Balaban J connectivity index is 2.62. The van der Waals surface area contributed by atoms with E-state index < -0.39 is 0 Å². The Morgan fingerprint density at radius 2 is 2.21 bits per heavy atom. The van der Waals surface area contributed by atoms with Crippen LogP contribution in [0.15, 0.2) is 6.07 Å². The number of aryl methyl sites for hydroxylation is 1. The summed E-state index contributed by atoms with van der Waals surface area (Å²) in [7, 11) is 1.83. The molecule has 0 aromatic carbocycles. The Hall–Kier alpha value is -1.32. The Labute approximate surface area is 84.7 Å². The molecule has 0 amide bonds. The lowest BCUT2D eigenvalue weighted by Gasteiger charge is -2.06. The van der Waals surface area contributed by atoms with Crippen LogP contribution in [0, 0.1) is 6.92 Å². The predicted molar refractivity (Wildman–Crippen MR) is 56.7 cm³/mol. The molecular formula is C10H17N3O. The SMILES string of the molecule is CCCCOc1cc(NC)nc(C)n1. The normalized spacial score (nSPS) is 9.93. The summed E-state index contributed by atoms with van der Waals surface area (Å²) in [4.78, 5) is 8.36. The van der Waals surface area contributed by atoms with Crippen LogP contribution in [0.1, 0.15) is 25.6 Å². The molecule has 0 spiro atoms. The van der Waals surface area contributed by atoms with Gasteiger partial charge in [-0.2, -0.15) is 4.98 Å². The van der Waals surface area contributed by atoms with Gasteiger partial charge in [0.15, 0.2) is 0 Å². The number of unbranched alkanes of at least 4 members (excludes halogenated alkanes) is 1. The summed E-state index contributed by atoms with van der Waals surface area (Å²) >= 11 is 0. The summed E-state index contributed by atoms with van der Waals surface area (Å²) in [6, 6.07) is 1.81. The third-order valence-electron chi connectivity index (χ3n) is 1.82. The van der Waals surface area contributed by atoms with Crippen LogP contribution in [0.25, 0.3) is 0 Å². The zero-order valence-corrected chi connectivity index (χ0v) is 9.00. The maximum atomic E-state index is 5.48. The number of nitrogens with zero attached hydrogens (tertiary/aromatic N) is 2. The molecule has 1 aromatic heterocycles. The van der Waals surface area contributed by atoms with Gasteiger partial charge in [-0.3, -0.25) is 0 Å². The maximum absolute atomic E-state index is 5.48. The van der Waals surface area contributed by atoms with E-state index in [0.29, 0.717) is 5.88 Å². The van der Waals surface area contributed by atoms with Crippen molar-refractivity contribution in [1.29, 1.82) is 0 Å². The summed E-state index contributed by atoms with van der Waals surface area (Å²) in [6.07, 6.45) is 2.18. The smallest absolute Gasteiger partial charge is 0.218 e. The van der Waals surface area contributed by atoms with E-state index in [-0.39, 0.29) is 0 Å². The number of hydrogen-bond donors (Lipinski definition) is 1. The molecular weight excluding hydrogens is 178 g/mol. The Morgan fingerprint density at radius 1 is 1.43 bits per heavy atom. The molecule has 0 fully saturated rings. The van der Waals surface area contributed by atoms with Gasteiger partial charge in [0.05, 0.1) is 6.61 Å². The molecule has 0 aliphatic heterocycles. The van der Waals surface area contributed by atoms with Gasteiger partial charge in [-0.15, -0.1) is 0 Å². The second kappa shape index (κ2) is 5.42. The van der Waals surface area contributed by atoms with E-state index in [1.165, 1.54) is 0 Å². The minimum absolute atomic E-state index is 0.648.